The maximum Gasteiger partial charge on any atom is 0.404 e. The SMILES string of the molecule is CCN1CCCC(CC(C)N2CCS(=O)(=O)[C@H](C)C2)[C@@H]1C(F)(F)F. The highest BCUT2D eigenvalue weighted by molar-refractivity contribution is 7.92. The first-order valence-electron chi connectivity index (χ1n) is 8.82. The molecule has 0 bridgehead atoms. The molecule has 0 N–H and O–H groups in total. The van der Waals surface area contributed by atoms with Crippen molar-refractivity contribution in [3.8, 4) is 0 Å². The summed E-state index contributed by atoms with van der Waals surface area (Å²) in [4.78, 5) is 3.59. The van der Waals surface area contributed by atoms with Crippen molar-refractivity contribution in [2.45, 2.75) is 63.5 Å². The number of hydrogen-bond donors (Lipinski definition) is 0. The van der Waals surface area contributed by atoms with Crippen LogP contribution in [0.15, 0.2) is 0 Å². The summed E-state index contributed by atoms with van der Waals surface area (Å²) in [6, 6.07) is -1.40. The van der Waals surface area contributed by atoms with E-state index in [0.717, 1.165) is 6.42 Å². The molecule has 2 unspecified atom stereocenters. The molecule has 0 aromatic heterocycles. The predicted octanol–water partition coefficient (Wildman–Crippen LogP) is 2.55. The molecule has 2 aliphatic rings. The van der Waals surface area contributed by atoms with Crippen LogP contribution in [0.25, 0.3) is 0 Å². The number of likely N-dealkylation sites (tertiary alicyclic amines) is 1. The minimum Gasteiger partial charge on any atom is -0.298 e. The summed E-state index contributed by atoms with van der Waals surface area (Å²) in [5.41, 5.74) is 0. The lowest BCUT2D eigenvalue weighted by molar-refractivity contribution is -0.206. The predicted molar refractivity (Wildman–Crippen MR) is 88.7 cm³/mol. The molecule has 0 aliphatic carbocycles. The Bertz CT molecular complexity index is 524. The molecule has 8 heteroatoms. The van der Waals surface area contributed by atoms with Crippen molar-refractivity contribution in [3.63, 3.8) is 0 Å². The van der Waals surface area contributed by atoms with Gasteiger partial charge in [-0.05, 0) is 52.1 Å². The molecule has 142 valence electrons. The van der Waals surface area contributed by atoms with Gasteiger partial charge in [0.05, 0.1) is 11.0 Å². The molecule has 0 amide bonds. The molecule has 4 nitrogen and oxygen atoms in total. The van der Waals surface area contributed by atoms with Crippen LogP contribution in [-0.4, -0.2) is 73.7 Å². The number of sulfone groups is 1. The van der Waals surface area contributed by atoms with E-state index < -0.39 is 33.2 Å². The minimum absolute atomic E-state index is 0.0328. The highest BCUT2D eigenvalue weighted by atomic mass is 32.2. The summed E-state index contributed by atoms with van der Waals surface area (Å²) in [5.74, 6) is -0.310. The van der Waals surface area contributed by atoms with Crippen molar-refractivity contribution in [1.29, 1.82) is 0 Å². The molecule has 2 heterocycles. The maximum atomic E-state index is 13.6. The van der Waals surface area contributed by atoms with Crippen molar-refractivity contribution in [2.24, 2.45) is 5.92 Å². The number of nitrogens with zero attached hydrogens (tertiary/aromatic N) is 2. The Hall–Kier alpha value is -0.340. The smallest absolute Gasteiger partial charge is 0.298 e. The number of alkyl halides is 3. The summed E-state index contributed by atoms with van der Waals surface area (Å²) >= 11 is 0. The summed E-state index contributed by atoms with van der Waals surface area (Å²) in [6.07, 6.45) is -2.36. The van der Waals surface area contributed by atoms with Gasteiger partial charge in [-0.15, -0.1) is 0 Å². The molecule has 2 rings (SSSR count). The Morgan fingerprint density at radius 3 is 2.46 bits per heavy atom. The second kappa shape index (κ2) is 7.50. The highest BCUT2D eigenvalue weighted by Gasteiger charge is 2.49. The topological polar surface area (TPSA) is 40.6 Å². The molecule has 0 saturated carbocycles. The zero-order chi connectivity index (χ0) is 18.1. The lowest BCUT2D eigenvalue weighted by Crippen LogP contribution is -2.55. The normalized spacial score (nSPS) is 34.2. The Kier molecular flexibility index (Phi) is 6.24. The Morgan fingerprint density at radius 2 is 1.92 bits per heavy atom. The summed E-state index contributed by atoms with van der Waals surface area (Å²) in [6.45, 7) is 7.16. The maximum absolute atomic E-state index is 13.6. The van der Waals surface area contributed by atoms with E-state index in [-0.39, 0.29) is 11.8 Å². The van der Waals surface area contributed by atoms with Crippen LogP contribution in [0.5, 0.6) is 0 Å². The van der Waals surface area contributed by atoms with Crippen LogP contribution in [0.2, 0.25) is 0 Å². The van der Waals surface area contributed by atoms with Gasteiger partial charge in [-0.1, -0.05) is 6.92 Å². The average molecular weight is 370 g/mol. The number of halogens is 3. The van der Waals surface area contributed by atoms with E-state index in [1.54, 1.807) is 18.7 Å². The van der Waals surface area contributed by atoms with Gasteiger partial charge in [0, 0.05) is 19.1 Å². The van der Waals surface area contributed by atoms with Gasteiger partial charge in [0.25, 0.3) is 0 Å². The molecule has 4 atom stereocenters. The molecule has 0 radical (unpaired) electrons. The third-order valence-corrected chi connectivity index (χ3v) is 7.76. The summed E-state index contributed by atoms with van der Waals surface area (Å²) in [7, 11) is -3.04. The van der Waals surface area contributed by atoms with Gasteiger partial charge >= 0.3 is 6.18 Å². The molecule has 0 aromatic rings. The van der Waals surface area contributed by atoms with Crippen LogP contribution in [0.3, 0.4) is 0 Å². The van der Waals surface area contributed by atoms with E-state index in [0.29, 0.717) is 39.0 Å². The van der Waals surface area contributed by atoms with Crippen LogP contribution in [0.1, 0.15) is 40.0 Å². The van der Waals surface area contributed by atoms with Gasteiger partial charge in [0.1, 0.15) is 6.04 Å². The Labute approximate surface area is 143 Å². The van der Waals surface area contributed by atoms with Gasteiger partial charge < -0.3 is 0 Å². The Morgan fingerprint density at radius 1 is 1.25 bits per heavy atom. The van der Waals surface area contributed by atoms with E-state index in [1.807, 2.05) is 11.8 Å². The van der Waals surface area contributed by atoms with Crippen molar-refractivity contribution in [1.82, 2.24) is 9.80 Å². The fourth-order valence-electron chi connectivity index (χ4n) is 4.20. The van der Waals surface area contributed by atoms with Crippen molar-refractivity contribution in [3.05, 3.63) is 0 Å². The molecule has 2 aliphatic heterocycles. The van der Waals surface area contributed by atoms with Gasteiger partial charge in [0.15, 0.2) is 9.84 Å². The Balaban J connectivity index is 2.05. The third-order valence-electron chi connectivity index (χ3n) is 5.64. The zero-order valence-electron chi connectivity index (χ0n) is 14.7. The van der Waals surface area contributed by atoms with Crippen LogP contribution in [0.4, 0.5) is 13.2 Å². The van der Waals surface area contributed by atoms with E-state index in [1.165, 1.54) is 0 Å². The van der Waals surface area contributed by atoms with Crippen molar-refractivity contribution < 1.29 is 21.6 Å². The molecule has 2 saturated heterocycles. The first-order valence-corrected chi connectivity index (χ1v) is 10.5. The molecule has 0 spiro atoms. The standard InChI is InChI=1S/C16H29F3N2O2S/c1-4-20-7-5-6-14(15(20)16(17,18)19)10-12(2)21-8-9-24(22,23)13(3)11-21/h12-15H,4-11H2,1-3H3/t12?,13-,14?,15-/m1/s1. The van der Waals surface area contributed by atoms with E-state index in [4.69, 9.17) is 0 Å². The van der Waals surface area contributed by atoms with Crippen LogP contribution < -0.4 is 0 Å². The van der Waals surface area contributed by atoms with Gasteiger partial charge in [-0.3, -0.25) is 9.80 Å². The van der Waals surface area contributed by atoms with Gasteiger partial charge in [-0.2, -0.15) is 13.2 Å². The third kappa shape index (κ3) is 4.43. The lowest BCUT2D eigenvalue weighted by atomic mass is 9.83. The van der Waals surface area contributed by atoms with E-state index in [9.17, 15) is 21.6 Å². The second-order valence-corrected chi connectivity index (χ2v) is 9.81. The number of hydrogen-bond acceptors (Lipinski definition) is 4. The van der Waals surface area contributed by atoms with Crippen LogP contribution in [0, 0.1) is 5.92 Å². The minimum atomic E-state index is -4.21. The highest BCUT2D eigenvalue weighted by Crippen LogP contribution is 2.38. The second-order valence-electron chi connectivity index (χ2n) is 7.27. The molecule has 2 fully saturated rings. The van der Waals surface area contributed by atoms with Crippen molar-refractivity contribution in [2.75, 3.05) is 31.9 Å². The first-order chi connectivity index (χ1) is 11.1. The first kappa shape index (κ1) is 20.0. The monoisotopic (exact) mass is 370 g/mol. The lowest BCUT2D eigenvalue weighted by Gasteiger charge is -2.44. The number of rotatable bonds is 4. The average Bonchev–Trinajstić information content (AvgIpc) is 2.48. The van der Waals surface area contributed by atoms with E-state index >= 15 is 0 Å². The zero-order valence-corrected chi connectivity index (χ0v) is 15.5. The molecule has 0 aromatic carbocycles. The molecule has 24 heavy (non-hydrogen) atoms. The van der Waals surface area contributed by atoms with E-state index in [2.05, 4.69) is 0 Å². The largest absolute Gasteiger partial charge is 0.404 e. The van der Waals surface area contributed by atoms with Gasteiger partial charge in [-0.25, -0.2) is 8.42 Å². The fourth-order valence-corrected chi connectivity index (χ4v) is 5.51. The quantitative estimate of drug-likeness (QED) is 0.763. The number of piperidine rings is 1. The summed E-state index contributed by atoms with van der Waals surface area (Å²) < 4.78 is 64.3. The van der Waals surface area contributed by atoms with Crippen LogP contribution >= 0.6 is 0 Å². The molecular formula is C16H29F3N2O2S. The summed E-state index contributed by atoms with van der Waals surface area (Å²) in [5, 5.41) is -0.439. The fraction of sp³-hybridized carbons (Fsp3) is 1.00. The molecular weight excluding hydrogens is 341 g/mol. The van der Waals surface area contributed by atoms with Crippen LogP contribution in [-0.2, 0) is 9.84 Å². The van der Waals surface area contributed by atoms with Crippen molar-refractivity contribution >= 4 is 9.84 Å². The van der Waals surface area contributed by atoms with Gasteiger partial charge in [0.2, 0.25) is 0 Å².